The predicted molar refractivity (Wildman–Crippen MR) is 99.8 cm³/mol. The minimum absolute atomic E-state index is 0.120. The van der Waals surface area contributed by atoms with Gasteiger partial charge in [-0.05, 0) is 56.4 Å². The van der Waals surface area contributed by atoms with E-state index in [1.54, 1.807) is 6.92 Å². The summed E-state index contributed by atoms with van der Waals surface area (Å²) in [5.41, 5.74) is 5.46. The second-order valence-electron chi connectivity index (χ2n) is 6.18. The van der Waals surface area contributed by atoms with Crippen molar-refractivity contribution in [3.05, 3.63) is 58.7 Å². The Morgan fingerprint density at radius 3 is 2.25 bits per heavy atom. The number of nitrogens with one attached hydrogen (secondary N) is 1. The average molecular weight is 325 g/mol. The molecule has 0 saturated carbocycles. The van der Waals surface area contributed by atoms with Gasteiger partial charge in [0.1, 0.15) is 5.75 Å². The zero-order valence-corrected chi connectivity index (χ0v) is 15.3. The maximum atomic E-state index is 12.6. The third-order valence-electron chi connectivity index (χ3n) is 4.25. The van der Waals surface area contributed by atoms with Gasteiger partial charge in [-0.3, -0.25) is 4.79 Å². The number of para-hydroxylation sites is 1. The minimum Gasteiger partial charge on any atom is -0.481 e. The van der Waals surface area contributed by atoms with Crippen molar-refractivity contribution < 1.29 is 9.53 Å². The predicted octanol–water partition coefficient (Wildman–Crippen LogP) is 4.83. The maximum Gasteiger partial charge on any atom is 0.265 e. The van der Waals surface area contributed by atoms with Crippen LogP contribution in [-0.2, 0) is 17.6 Å². The molecule has 0 unspecified atom stereocenters. The first-order chi connectivity index (χ1) is 11.5. The second kappa shape index (κ2) is 8.00. The standard InChI is InChI=1S/C21H27NO2/c1-6-17-9-8-10-18(7-2)20(17)22-21(23)16(5)24-19-12-11-14(3)13-15(19)4/h8-13,16H,6-7H2,1-5H3,(H,22,23)/t16-/m1/s1. The van der Waals surface area contributed by atoms with Crippen molar-refractivity contribution in [2.24, 2.45) is 0 Å². The number of benzene rings is 2. The normalized spacial score (nSPS) is 11.9. The molecule has 0 aromatic heterocycles. The first kappa shape index (κ1) is 18.1. The molecule has 0 aliphatic rings. The summed E-state index contributed by atoms with van der Waals surface area (Å²) in [6.07, 6.45) is 1.21. The lowest BCUT2D eigenvalue weighted by Gasteiger charge is -2.19. The highest BCUT2D eigenvalue weighted by molar-refractivity contribution is 5.95. The van der Waals surface area contributed by atoms with Gasteiger partial charge in [-0.1, -0.05) is 49.7 Å². The molecule has 0 spiro atoms. The van der Waals surface area contributed by atoms with Gasteiger partial charge in [-0.2, -0.15) is 0 Å². The number of rotatable bonds is 6. The summed E-state index contributed by atoms with van der Waals surface area (Å²) >= 11 is 0. The number of carbonyl (C=O) groups excluding carboxylic acids is 1. The van der Waals surface area contributed by atoms with E-state index in [-0.39, 0.29) is 5.91 Å². The lowest BCUT2D eigenvalue weighted by atomic mass is 10.0. The number of ether oxygens (including phenoxy) is 1. The van der Waals surface area contributed by atoms with E-state index in [9.17, 15) is 4.79 Å². The molecule has 0 aliphatic heterocycles. The number of anilines is 1. The molecule has 0 saturated heterocycles. The zero-order valence-electron chi connectivity index (χ0n) is 15.3. The summed E-state index contributed by atoms with van der Waals surface area (Å²) in [5, 5.41) is 3.07. The van der Waals surface area contributed by atoms with E-state index in [1.165, 1.54) is 5.56 Å². The Balaban J connectivity index is 2.15. The first-order valence-corrected chi connectivity index (χ1v) is 8.61. The van der Waals surface area contributed by atoms with E-state index >= 15 is 0 Å². The molecule has 0 radical (unpaired) electrons. The van der Waals surface area contributed by atoms with Gasteiger partial charge in [0.25, 0.3) is 5.91 Å². The molecule has 3 heteroatoms. The molecule has 1 amide bonds. The Hall–Kier alpha value is -2.29. The molecule has 0 heterocycles. The highest BCUT2D eigenvalue weighted by Crippen LogP contribution is 2.24. The summed E-state index contributed by atoms with van der Waals surface area (Å²) in [6.45, 7) is 10.0. The summed E-state index contributed by atoms with van der Waals surface area (Å²) in [5.74, 6) is 0.633. The molecule has 0 aliphatic carbocycles. The summed E-state index contributed by atoms with van der Waals surface area (Å²) < 4.78 is 5.87. The van der Waals surface area contributed by atoms with Gasteiger partial charge >= 0.3 is 0 Å². The Labute approximate surface area is 145 Å². The molecule has 1 atom stereocenters. The van der Waals surface area contributed by atoms with Crippen LogP contribution in [0.4, 0.5) is 5.69 Å². The molecule has 2 aromatic rings. The lowest BCUT2D eigenvalue weighted by molar-refractivity contribution is -0.122. The first-order valence-electron chi connectivity index (χ1n) is 8.61. The number of hydrogen-bond donors (Lipinski definition) is 1. The number of aryl methyl sites for hydroxylation is 4. The van der Waals surface area contributed by atoms with Gasteiger partial charge in [-0.15, -0.1) is 0 Å². The van der Waals surface area contributed by atoms with E-state index in [4.69, 9.17) is 4.74 Å². The molecule has 2 aromatic carbocycles. The fraction of sp³-hybridized carbons (Fsp3) is 0.381. The molecular weight excluding hydrogens is 298 g/mol. The van der Waals surface area contributed by atoms with Crippen LogP contribution < -0.4 is 10.1 Å². The monoisotopic (exact) mass is 325 g/mol. The molecule has 24 heavy (non-hydrogen) atoms. The van der Waals surface area contributed by atoms with Crippen molar-refractivity contribution in [3.63, 3.8) is 0 Å². The largest absolute Gasteiger partial charge is 0.481 e. The topological polar surface area (TPSA) is 38.3 Å². The van der Waals surface area contributed by atoms with Gasteiger partial charge < -0.3 is 10.1 Å². The molecule has 0 bridgehead atoms. The number of carbonyl (C=O) groups is 1. The van der Waals surface area contributed by atoms with Gasteiger partial charge in [-0.25, -0.2) is 0 Å². The van der Waals surface area contributed by atoms with Crippen molar-refractivity contribution in [2.45, 2.75) is 53.6 Å². The van der Waals surface area contributed by atoms with Crippen LogP contribution in [0.15, 0.2) is 36.4 Å². The summed E-state index contributed by atoms with van der Waals surface area (Å²) in [6, 6.07) is 12.1. The van der Waals surface area contributed by atoms with Crippen LogP contribution in [-0.4, -0.2) is 12.0 Å². The van der Waals surface area contributed by atoms with Crippen LogP contribution in [0.1, 0.15) is 43.0 Å². The van der Waals surface area contributed by atoms with E-state index in [1.807, 2.05) is 32.0 Å². The van der Waals surface area contributed by atoms with E-state index < -0.39 is 6.10 Å². The summed E-state index contributed by atoms with van der Waals surface area (Å²) in [7, 11) is 0. The smallest absolute Gasteiger partial charge is 0.265 e. The van der Waals surface area contributed by atoms with Gasteiger partial charge in [0.05, 0.1) is 0 Å². The van der Waals surface area contributed by atoms with E-state index in [0.29, 0.717) is 0 Å². The van der Waals surface area contributed by atoms with Gasteiger partial charge in [0.2, 0.25) is 0 Å². The van der Waals surface area contributed by atoms with Crippen molar-refractivity contribution in [2.75, 3.05) is 5.32 Å². The van der Waals surface area contributed by atoms with Crippen molar-refractivity contribution in [3.8, 4) is 5.75 Å². The van der Waals surface area contributed by atoms with Crippen molar-refractivity contribution in [1.29, 1.82) is 0 Å². The van der Waals surface area contributed by atoms with E-state index in [2.05, 4.69) is 37.4 Å². The summed E-state index contributed by atoms with van der Waals surface area (Å²) in [4.78, 5) is 12.6. The van der Waals surface area contributed by atoms with E-state index in [0.717, 1.165) is 41.0 Å². The molecular formula is C21H27NO2. The van der Waals surface area contributed by atoms with Crippen LogP contribution >= 0.6 is 0 Å². The third kappa shape index (κ3) is 4.16. The van der Waals surface area contributed by atoms with Gasteiger partial charge in [0, 0.05) is 5.69 Å². The third-order valence-corrected chi connectivity index (χ3v) is 4.25. The molecule has 1 N–H and O–H groups in total. The number of amides is 1. The highest BCUT2D eigenvalue weighted by atomic mass is 16.5. The molecule has 2 rings (SSSR count). The SMILES string of the molecule is CCc1cccc(CC)c1NC(=O)[C@@H](C)Oc1ccc(C)cc1C. The Kier molecular flexibility index (Phi) is 6.02. The van der Waals surface area contributed by atoms with Crippen molar-refractivity contribution in [1.82, 2.24) is 0 Å². The van der Waals surface area contributed by atoms with Crippen LogP contribution in [0, 0.1) is 13.8 Å². The van der Waals surface area contributed by atoms with Crippen LogP contribution in [0.5, 0.6) is 5.75 Å². The molecule has 0 fully saturated rings. The highest BCUT2D eigenvalue weighted by Gasteiger charge is 2.18. The van der Waals surface area contributed by atoms with Gasteiger partial charge in [0.15, 0.2) is 6.10 Å². The quantitative estimate of drug-likeness (QED) is 0.826. The average Bonchev–Trinajstić information content (AvgIpc) is 2.57. The second-order valence-corrected chi connectivity index (χ2v) is 6.18. The molecule has 128 valence electrons. The maximum absolute atomic E-state index is 12.6. The Morgan fingerprint density at radius 1 is 1.08 bits per heavy atom. The Morgan fingerprint density at radius 2 is 1.71 bits per heavy atom. The Bertz CT molecular complexity index is 700. The van der Waals surface area contributed by atoms with Crippen LogP contribution in [0.2, 0.25) is 0 Å². The lowest BCUT2D eigenvalue weighted by Crippen LogP contribution is -2.31. The molecule has 3 nitrogen and oxygen atoms in total. The van der Waals surface area contributed by atoms with Crippen LogP contribution in [0.25, 0.3) is 0 Å². The minimum atomic E-state index is -0.555. The zero-order chi connectivity index (χ0) is 17.7. The van der Waals surface area contributed by atoms with Crippen molar-refractivity contribution >= 4 is 11.6 Å². The fourth-order valence-corrected chi connectivity index (χ4v) is 2.80. The van der Waals surface area contributed by atoms with Crippen LogP contribution in [0.3, 0.4) is 0 Å². The number of hydrogen-bond acceptors (Lipinski definition) is 2. The fourth-order valence-electron chi connectivity index (χ4n) is 2.80.